The van der Waals surface area contributed by atoms with E-state index in [9.17, 15) is 0 Å². The van der Waals surface area contributed by atoms with Gasteiger partial charge in [-0.25, -0.2) is 0 Å². The van der Waals surface area contributed by atoms with Crippen LogP contribution in [0.1, 0.15) is 31.9 Å². The first-order valence-electron chi connectivity index (χ1n) is 7.58. The summed E-state index contributed by atoms with van der Waals surface area (Å²) >= 11 is 0. The van der Waals surface area contributed by atoms with Gasteiger partial charge in [0.15, 0.2) is 0 Å². The lowest BCUT2D eigenvalue weighted by molar-refractivity contribution is 0.0855. The van der Waals surface area contributed by atoms with Gasteiger partial charge in [-0.1, -0.05) is 18.2 Å². The molecule has 2 saturated heterocycles. The second kappa shape index (κ2) is 4.30. The summed E-state index contributed by atoms with van der Waals surface area (Å²) in [7, 11) is 0. The van der Waals surface area contributed by atoms with Crippen LogP contribution >= 0.6 is 0 Å². The van der Waals surface area contributed by atoms with Crippen LogP contribution < -0.4 is 5.73 Å². The van der Waals surface area contributed by atoms with Crippen LogP contribution in [0.25, 0.3) is 10.9 Å². The molecule has 2 aromatic rings. The molecule has 3 heterocycles. The van der Waals surface area contributed by atoms with Crippen molar-refractivity contribution in [3.8, 4) is 0 Å². The standard InChI is InChI=1S/C16H21N3O/c1-2-19-14-6-4-3-5-12(14)13(18-19)10-16(17)9-11-7-8-15(16)20-11/h3-6,11,15H,2,7-10,17H2,1H3. The summed E-state index contributed by atoms with van der Waals surface area (Å²) in [4.78, 5) is 0. The van der Waals surface area contributed by atoms with Gasteiger partial charge in [-0.15, -0.1) is 0 Å². The number of aryl methyl sites for hydroxylation is 1. The predicted molar refractivity (Wildman–Crippen MR) is 78.5 cm³/mol. The van der Waals surface area contributed by atoms with E-state index in [4.69, 9.17) is 15.6 Å². The molecule has 2 aliphatic rings. The second-order valence-electron chi connectivity index (χ2n) is 6.22. The van der Waals surface area contributed by atoms with Gasteiger partial charge < -0.3 is 10.5 Å². The van der Waals surface area contributed by atoms with E-state index >= 15 is 0 Å². The molecule has 1 aromatic heterocycles. The van der Waals surface area contributed by atoms with Crippen molar-refractivity contribution in [2.75, 3.05) is 0 Å². The largest absolute Gasteiger partial charge is 0.373 e. The Morgan fingerprint density at radius 1 is 1.40 bits per heavy atom. The molecule has 0 radical (unpaired) electrons. The summed E-state index contributed by atoms with van der Waals surface area (Å²) in [6.45, 7) is 3.02. The second-order valence-corrected chi connectivity index (χ2v) is 6.22. The maximum Gasteiger partial charge on any atom is 0.0764 e. The molecule has 4 rings (SSSR count). The third-order valence-electron chi connectivity index (χ3n) is 4.89. The fourth-order valence-electron chi connectivity index (χ4n) is 3.90. The number of nitrogens with zero attached hydrogens (tertiary/aromatic N) is 2. The fourth-order valence-corrected chi connectivity index (χ4v) is 3.90. The molecule has 106 valence electrons. The number of rotatable bonds is 3. The molecule has 20 heavy (non-hydrogen) atoms. The molecule has 0 spiro atoms. The molecule has 4 heteroatoms. The number of para-hydroxylation sites is 1. The van der Waals surface area contributed by atoms with Crippen molar-refractivity contribution in [1.29, 1.82) is 0 Å². The van der Waals surface area contributed by atoms with E-state index in [2.05, 4.69) is 35.9 Å². The summed E-state index contributed by atoms with van der Waals surface area (Å²) in [6, 6.07) is 8.43. The average molecular weight is 271 g/mol. The molecule has 2 fully saturated rings. The molecule has 4 nitrogen and oxygen atoms in total. The highest BCUT2D eigenvalue weighted by atomic mass is 16.5. The van der Waals surface area contributed by atoms with E-state index in [0.29, 0.717) is 6.10 Å². The highest BCUT2D eigenvalue weighted by Gasteiger charge is 2.50. The number of nitrogens with two attached hydrogens (primary N) is 1. The van der Waals surface area contributed by atoms with Crippen molar-refractivity contribution in [2.24, 2.45) is 5.73 Å². The van der Waals surface area contributed by atoms with Gasteiger partial charge in [0, 0.05) is 18.4 Å². The Labute approximate surface area is 118 Å². The minimum atomic E-state index is -0.224. The van der Waals surface area contributed by atoms with Gasteiger partial charge in [-0.3, -0.25) is 4.68 Å². The molecular formula is C16H21N3O. The van der Waals surface area contributed by atoms with Crippen LogP contribution in [0.15, 0.2) is 24.3 Å². The molecule has 2 aliphatic heterocycles. The third-order valence-corrected chi connectivity index (χ3v) is 4.89. The van der Waals surface area contributed by atoms with Gasteiger partial charge in [0.05, 0.1) is 29.0 Å². The molecule has 3 unspecified atom stereocenters. The van der Waals surface area contributed by atoms with Crippen LogP contribution in [0.3, 0.4) is 0 Å². The van der Waals surface area contributed by atoms with Gasteiger partial charge in [0.25, 0.3) is 0 Å². The first kappa shape index (κ1) is 12.4. The number of fused-ring (bicyclic) bond motifs is 3. The summed E-state index contributed by atoms with van der Waals surface area (Å²) in [5.41, 5.74) is 8.75. The minimum absolute atomic E-state index is 0.220. The van der Waals surface area contributed by atoms with Crippen molar-refractivity contribution in [3.63, 3.8) is 0 Å². The van der Waals surface area contributed by atoms with E-state index in [1.807, 2.05) is 0 Å². The van der Waals surface area contributed by atoms with Crippen LogP contribution in [-0.2, 0) is 17.7 Å². The number of hydrogen-bond acceptors (Lipinski definition) is 3. The molecule has 0 aliphatic carbocycles. The highest BCUT2D eigenvalue weighted by molar-refractivity contribution is 5.82. The van der Waals surface area contributed by atoms with Crippen LogP contribution in [0.2, 0.25) is 0 Å². The first-order chi connectivity index (χ1) is 9.69. The smallest absolute Gasteiger partial charge is 0.0764 e. The number of aromatic nitrogens is 2. The third kappa shape index (κ3) is 1.71. The van der Waals surface area contributed by atoms with E-state index in [-0.39, 0.29) is 11.6 Å². The number of ether oxygens (including phenoxy) is 1. The van der Waals surface area contributed by atoms with Crippen molar-refractivity contribution in [3.05, 3.63) is 30.0 Å². The maximum absolute atomic E-state index is 6.64. The van der Waals surface area contributed by atoms with Gasteiger partial charge in [-0.2, -0.15) is 5.10 Å². The van der Waals surface area contributed by atoms with Gasteiger partial charge in [0.1, 0.15) is 0 Å². The molecule has 1 aromatic carbocycles. The summed E-state index contributed by atoms with van der Waals surface area (Å²) in [5.74, 6) is 0. The lowest BCUT2D eigenvalue weighted by Crippen LogP contribution is -2.50. The Bertz CT molecular complexity index is 650. The van der Waals surface area contributed by atoms with Gasteiger partial charge >= 0.3 is 0 Å². The maximum atomic E-state index is 6.64. The molecule has 2 bridgehead atoms. The van der Waals surface area contributed by atoms with Crippen molar-refractivity contribution in [1.82, 2.24) is 9.78 Å². The average Bonchev–Trinajstić information content (AvgIpc) is 3.12. The molecule has 3 atom stereocenters. The van der Waals surface area contributed by atoms with Crippen LogP contribution in [0.4, 0.5) is 0 Å². The minimum Gasteiger partial charge on any atom is -0.373 e. The Kier molecular flexibility index (Phi) is 2.66. The molecule has 0 saturated carbocycles. The quantitative estimate of drug-likeness (QED) is 0.931. The first-order valence-corrected chi connectivity index (χ1v) is 7.58. The highest BCUT2D eigenvalue weighted by Crippen LogP contribution is 2.42. The van der Waals surface area contributed by atoms with E-state index in [1.165, 1.54) is 17.3 Å². The zero-order valence-electron chi connectivity index (χ0n) is 11.9. The Morgan fingerprint density at radius 3 is 2.95 bits per heavy atom. The summed E-state index contributed by atoms with van der Waals surface area (Å²) < 4.78 is 8.02. The number of benzene rings is 1. The van der Waals surface area contributed by atoms with E-state index in [1.54, 1.807) is 0 Å². The van der Waals surface area contributed by atoms with E-state index < -0.39 is 0 Å². The van der Waals surface area contributed by atoms with Crippen molar-refractivity contribution >= 4 is 10.9 Å². The normalized spacial score (nSPS) is 32.3. The summed E-state index contributed by atoms with van der Waals surface area (Å²) in [5, 5.41) is 6.02. The van der Waals surface area contributed by atoms with Crippen molar-refractivity contribution in [2.45, 2.75) is 56.9 Å². The van der Waals surface area contributed by atoms with Crippen molar-refractivity contribution < 1.29 is 4.74 Å². The predicted octanol–water partition coefficient (Wildman–Crippen LogP) is 2.25. The monoisotopic (exact) mass is 271 g/mol. The van der Waals surface area contributed by atoms with Crippen LogP contribution in [0, 0.1) is 0 Å². The van der Waals surface area contributed by atoms with E-state index in [0.717, 1.165) is 31.5 Å². The Hall–Kier alpha value is -1.39. The Morgan fingerprint density at radius 2 is 2.25 bits per heavy atom. The summed E-state index contributed by atoms with van der Waals surface area (Å²) in [6.07, 6.45) is 4.68. The Balaban J connectivity index is 1.72. The lowest BCUT2D eigenvalue weighted by atomic mass is 9.79. The fraction of sp³-hybridized carbons (Fsp3) is 0.562. The zero-order valence-corrected chi connectivity index (χ0v) is 11.9. The lowest BCUT2D eigenvalue weighted by Gasteiger charge is -2.30. The SMILES string of the molecule is CCn1nc(CC2(N)CC3CCC2O3)c2ccccc21. The van der Waals surface area contributed by atoms with Gasteiger partial charge in [0.2, 0.25) is 0 Å². The zero-order chi connectivity index (χ0) is 13.7. The molecular weight excluding hydrogens is 250 g/mol. The van der Waals surface area contributed by atoms with Gasteiger partial charge in [-0.05, 0) is 32.3 Å². The van der Waals surface area contributed by atoms with Crippen LogP contribution in [-0.4, -0.2) is 27.5 Å². The topological polar surface area (TPSA) is 53.1 Å². The molecule has 2 N–H and O–H groups in total. The number of hydrogen-bond donors (Lipinski definition) is 1. The van der Waals surface area contributed by atoms with Crippen LogP contribution in [0.5, 0.6) is 0 Å². The molecule has 0 amide bonds.